The third kappa shape index (κ3) is 37.5. The zero-order chi connectivity index (χ0) is 35.4. The van der Waals surface area contributed by atoms with Crippen LogP contribution in [0.15, 0.2) is 24.3 Å². The summed E-state index contributed by atoms with van der Waals surface area (Å²) in [6.07, 6.45) is 40.9. The molecule has 1 atom stereocenters. The van der Waals surface area contributed by atoms with Crippen molar-refractivity contribution in [1.82, 2.24) is 0 Å². The number of rotatable bonds is 36. The number of allylic oxidation sites excluding steroid dienone is 4. The van der Waals surface area contributed by atoms with Gasteiger partial charge in [0.25, 0.3) is 0 Å². The quantitative estimate of drug-likeness (QED) is 0.0209. The normalized spacial score (nSPS) is 12.4. The molecule has 0 aromatic rings. The van der Waals surface area contributed by atoms with Gasteiger partial charge in [0, 0.05) is 0 Å². The summed E-state index contributed by atoms with van der Waals surface area (Å²) in [5, 5.41) is -2.06. The number of unbranched alkanes of at least 4 members (excludes halogenated alkanes) is 24. The third-order valence-corrected chi connectivity index (χ3v) is 9.84. The Hall–Kier alpha value is -0.0336. The van der Waals surface area contributed by atoms with Crippen LogP contribution in [0.25, 0.3) is 0 Å². The Morgan fingerprint density at radius 1 is 0.510 bits per heavy atom. The summed E-state index contributed by atoms with van der Waals surface area (Å²) in [6, 6.07) is 0. The van der Waals surface area contributed by atoms with Gasteiger partial charge in [0.1, 0.15) is 10.1 Å². The molecule has 0 aliphatic rings. The van der Waals surface area contributed by atoms with Crippen LogP contribution in [-0.4, -0.2) is 43.4 Å². The zero-order valence-corrected chi connectivity index (χ0v) is 36.0. The molecule has 0 N–H and O–H groups in total. The topological polar surface area (TPSA) is 110 Å². The molecule has 0 bridgehead atoms. The van der Waals surface area contributed by atoms with Crippen molar-refractivity contribution in [2.24, 2.45) is 0 Å². The molecular weight excluding hydrogens is 664 g/mol. The molecule has 0 aromatic carbocycles. The number of hydrogen-bond donors (Lipinski definition) is 0. The second-order valence-electron chi connectivity index (χ2n) is 13.4. The largest absolute Gasteiger partial charge is 1.00 e. The van der Waals surface area contributed by atoms with Crippen molar-refractivity contribution < 1.29 is 83.4 Å². The van der Waals surface area contributed by atoms with Crippen LogP contribution in [0.1, 0.15) is 200 Å². The van der Waals surface area contributed by atoms with Crippen molar-refractivity contribution in [3.8, 4) is 0 Å². The van der Waals surface area contributed by atoms with Crippen molar-refractivity contribution in [2.45, 2.75) is 205 Å². The van der Waals surface area contributed by atoms with E-state index in [4.69, 9.17) is 9.47 Å². The molecule has 0 spiro atoms. The maximum absolute atomic E-state index is 12.3. The van der Waals surface area contributed by atoms with E-state index in [0.29, 0.717) is 12.8 Å². The van der Waals surface area contributed by atoms with Crippen LogP contribution in [0.3, 0.4) is 0 Å². The first-order valence-electron chi connectivity index (χ1n) is 19.9. The van der Waals surface area contributed by atoms with Gasteiger partial charge in [-0.3, -0.25) is 9.59 Å². The van der Waals surface area contributed by atoms with Gasteiger partial charge in [-0.15, -0.1) is 0 Å². The summed E-state index contributed by atoms with van der Waals surface area (Å²) in [4.78, 5) is 24.5. The summed E-state index contributed by atoms with van der Waals surface area (Å²) in [7, 11) is -5.03. The fourth-order valence-electron chi connectivity index (χ4n) is 5.66. The number of carbonyl (C=O) groups excluding carboxylic acids is 2. The van der Waals surface area contributed by atoms with E-state index < -0.39 is 33.7 Å². The minimum absolute atomic E-state index is 0. The zero-order valence-electron chi connectivity index (χ0n) is 32.1. The molecule has 9 heteroatoms. The van der Waals surface area contributed by atoms with Gasteiger partial charge < -0.3 is 14.0 Å². The van der Waals surface area contributed by atoms with E-state index in [0.717, 1.165) is 57.8 Å². The number of carbonyl (C=O) groups is 2. The van der Waals surface area contributed by atoms with Crippen LogP contribution in [0, 0.1) is 0 Å². The van der Waals surface area contributed by atoms with Gasteiger partial charge in [0.2, 0.25) is 0 Å². The fourth-order valence-corrected chi connectivity index (χ4v) is 6.31. The summed E-state index contributed by atoms with van der Waals surface area (Å²) in [6.45, 7) is 4.68. The average molecular weight is 737 g/mol. The average Bonchev–Trinajstić information content (AvgIpc) is 3.05. The first kappa shape index (κ1) is 51.1. The van der Waals surface area contributed by atoms with Gasteiger partial charge in [0.05, 0.1) is 19.6 Å². The van der Waals surface area contributed by atoms with Gasteiger partial charge in [-0.2, -0.15) is 0 Å². The maximum atomic E-state index is 12.3. The van der Waals surface area contributed by atoms with Crippen molar-refractivity contribution >= 4 is 22.1 Å². The Bertz CT molecular complexity index is 904. The molecule has 282 valence electrons. The number of ether oxygens (including phenoxy) is 2. The second kappa shape index (κ2) is 39.2. The number of hydrogen-bond acceptors (Lipinski definition) is 7. The molecule has 1 unspecified atom stereocenters. The summed E-state index contributed by atoms with van der Waals surface area (Å²) < 4.78 is 45.1. The molecule has 0 fully saturated rings. The van der Waals surface area contributed by atoms with Gasteiger partial charge in [-0.1, -0.05) is 154 Å². The van der Waals surface area contributed by atoms with Gasteiger partial charge in [-0.05, 0) is 64.2 Å². The molecule has 0 aliphatic heterocycles. The third-order valence-electron chi connectivity index (χ3n) is 8.78. The van der Waals surface area contributed by atoms with Gasteiger partial charge in [0.15, 0.2) is 5.25 Å². The van der Waals surface area contributed by atoms with Crippen molar-refractivity contribution in [1.29, 1.82) is 0 Å². The predicted octanol–water partition coefficient (Wildman–Crippen LogP) is 8.46. The standard InChI is InChI=1S/C40H74O7S.K/c1-3-5-7-9-11-13-15-17-19-21-23-25-27-29-31-33-35-46-39(41)37-38(48(43,44)45)40(42)47-36-34-32-30-28-26-24-22-20-18-16-14-12-10-8-6-4-2;/h17-20,38H,3-16,21-37H2,1-2H3,(H,43,44,45);/q;+1/p-1/b19-17-,20-18-;. The Kier molecular flexibility index (Phi) is 40.8. The molecule has 0 heterocycles. The molecule has 0 rings (SSSR count). The van der Waals surface area contributed by atoms with Crippen LogP contribution in [0.2, 0.25) is 0 Å². The number of esters is 2. The van der Waals surface area contributed by atoms with E-state index >= 15 is 0 Å². The Morgan fingerprint density at radius 2 is 0.816 bits per heavy atom. The summed E-state index contributed by atoms with van der Waals surface area (Å²) in [5.74, 6) is -2.02. The first-order chi connectivity index (χ1) is 23.3. The van der Waals surface area contributed by atoms with Crippen LogP contribution < -0.4 is 51.4 Å². The Labute approximate surface area is 345 Å². The van der Waals surface area contributed by atoms with Crippen molar-refractivity contribution in [3.05, 3.63) is 24.3 Å². The Morgan fingerprint density at radius 3 is 1.16 bits per heavy atom. The van der Waals surface area contributed by atoms with Crippen LogP contribution in [-0.2, 0) is 29.2 Å². The molecule has 49 heavy (non-hydrogen) atoms. The van der Waals surface area contributed by atoms with Crippen molar-refractivity contribution in [2.75, 3.05) is 13.2 Å². The maximum Gasteiger partial charge on any atom is 1.00 e. The minimum Gasteiger partial charge on any atom is -0.747 e. The molecule has 0 radical (unpaired) electrons. The van der Waals surface area contributed by atoms with E-state index in [1.54, 1.807) is 0 Å². The molecule has 0 amide bonds. The molecule has 7 nitrogen and oxygen atoms in total. The van der Waals surface area contributed by atoms with E-state index in [9.17, 15) is 22.6 Å². The van der Waals surface area contributed by atoms with Crippen molar-refractivity contribution in [3.63, 3.8) is 0 Å². The minimum atomic E-state index is -5.03. The van der Waals surface area contributed by atoms with Crippen LogP contribution >= 0.6 is 0 Å². The van der Waals surface area contributed by atoms with Gasteiger partial charge in [-0.25, -0.2) is 8.42 Å². The molecule has 0 aliphatic carbocycles. The second-order valence-corrected chi connectivity index (χ2v) is 15.0. The smallest absolute Gasteiger partial charge is 0.747 e. The van der Waals surface area contributed by atoms with E-state index in [1.165, 1.54) is 109 Å². The predicted molar refractivity (Wildman–Crippen MR) is 199 cm³/mol. The molecular formula is C40H73KO7S. The van der Waals surface area contributed by atoms with Crippen LogP contribution in [0.4, 0.5) is 0 Å². The summed E-state index contributed by atoms with van der Waals surface area (Å²) in [5.41, 5.74) is 0. The first-order valence-corrected chi connectivity index (χ1v) is 21.4. The molecule has 0 saturated carbocycles. The monoisotopic (exact) mass is 736 g/mol. The SMILES string of the molecule is CCCCCCCC/C=C\CCCCCCCCOC(=O)CC(C(=O)OCCCCCCCC/C=C\CCCCCCCC)S(=O)(=O)[O-].[K+]. The fraction of sp³-hybridized carbons (Fsp3) is 0.850. The van der Waals surface area contributed by atoms with E-state index in [-0.39, 0.29) is 64.6 Å². The van der Waals surface area contributed by atoms with Gasteiger partial charge >= 0.3 is 63.3 Å². The van der Waals surface area contributed by atoms with E-state index in [1.807, 2.05) is 0 Å². The van der Waals surface area contributed by atoms with Crippen LogP contribution in [0.5, 0.6) is 0 Å². The molecule has 0 saturated heterocycles. The summed E-state index contributed by atoms with van der Waals surface area (Å²) >= 11 is 0. The van der Waals surface area contributed by atoms with E-state index in [2.05, 4.69) is 38.2 Å². The Balaban J connectivity index is 0. The molecule has 0 aromatic heterocycles.